The summed E-state index contributed by atoms with van der Waals surface area (Å²) in [7, 11) is 0. The van der Waals surface area contributed by atoms with E-state index in [0.717, 1.165) is 5.69 Å². The molecule has 4 nitrogen and oxygen atoms in total. The Hall–Kier alpha value is -1.52. The monoisotopic (exact) mass is 255 g/mol. The lowest BCUT2D eigenvalue weighted by Gasteiger charge is -2.08. The highest BCUT2D eigenvalue weighted by Gasteiger charge is 2.08. The third-order valence-electron chi connectivity index (χ3n) is 1.89. The van der Waals surface area contributed by atoms with E-state index in [0.29, 0.717) is 5.69 Å². The standard InChI is InChI=1S/C10H7Cl2N3O/c11-8-7(9(12)15-10(16)14-8)13-6-4-2-1-3-5-6/h1-5,13H,(H,14,15,16). The van der Waals surface area contributed by atoms with E-state index in [1.54, 1.807) is 0 Å². The summed E-state index contributed by atoms with van der Waals surface area (Å²) in [4.78, 5) is 16.8. The maximum absolute atomic E-state index is 11.0. The van der Waals surface area contributed by atoms with Gasteiger partial charge >= 0.3 is 5.69 Å². The Balaban J connectivity index is 2.39. The van der Waals surface area contributed by atoms with E-state index in [1.165, 1.54) is 0 Å². The minimum Gasteiger partial charge on any atom is -0.351 e. The van der Waals surface area contributed by atoms with Crippen LogP contribution in [-0.2, 0) is 0 Å². The number of para-hydroxylation sites is 1. The Morgan fingerprint density at radius 3 is 2.50 bits per heavy atom. The Kier molecular flexibility index (Phi) is 3.12. The topological polar surface area (TPSA) is 57.8 Å². The molecule has 1 aromatic carbocycles. The van der Waals surface area contributed by atoms with Gasteiger partial charge in [-0.25, -0.2) is 4.79 Å². The predicted octanol–water partition coefficient (Wildman–Crippen LogP) is 2.82. The highest BCUT2D eigenvalue weighted by atomic mass is 35.5. The van der Waals surface area contributed by atoms with E-state index in [1.807, 2.05) is 30.3 Å². The molecular formula is C10H7Cl2N3O. The number of hydrogen-bond acceptors (Lipinski definition) is 3. The lowest BCUT2D eigenvalue weighted by molar-refractivity contribution is 1.08. The molecule has 6 heteroatoms. The Morgan fingerprint density at radius 1 is 1.19 bits per heavy atom. The van der Waals surface area contributed by atoms with Crippen molar-refractivity contribution in [3.8, 4) is 0 Å². The van der Waals surface area contributed by atoms with E-state index >= 15 is 0 Å². The first-order chi connectivity index (χ1) is 7.66. The smallest absolute Gasteiger partial charge is 0.347 e. The minimum absolute atomic E-state index is 0.0394. The molecule has 0 atom stereocenters. The molecule has 0 saturated carbocycles. The summed E-state index contributed by atoms with van der Waals surface area (Å²) in [6.07, 6.45) is 0. The number of anilines is 2. The summed E-state index contributed by atoms with van der Waals surface area (Å²) in [6.45, 7) is 0. The SMILES string of the molecule is O=c1nc(Cl)c(Nc2ccccc2)c(Cl)[nH]1. The number of nitrogens with one attached hydrogen (secondary N) is 2. The van der Waals surface area contributed by atoms with Crippen LogP contribution in [0.5, 0.6) is 0 Å². The zero-order valence-corrected chi connectivity index (χ0v) is 9.51. The highest BCUT2D eigenvalue weighted by molar-refractivity contribution is 6.37. The van der Waals surface area contributed by atoms with Gasteiger partial charge in [-0.2, -0.15) is 4.98 Å². The van der Waals surface area contributed by atoms with Crippen molar-refractivity contribution in [2.45, 2.75) is 0 Å². The molecule has 2 N–H and O–H groups in total. The fraction of sp³-hybridized carbons (Fsp3) is 0. The average molecular weight is 256 g/mol. The fourth-order valence-electron chi connectivity index (χ4n) is 1.19. The third-order valence-corrected chi connectivity index (χ3v) is 2.44. The molecule has 0 aliphatic rings. The third kappa shape index (κ3) is 2.35. The number of rotatable bonds is 2. The van der Waals surface area contributed by atoms with E-state index < -0.39 is 5.69 Å². The Labute approximate surface area is 101 Å². The molecule has 0 unspecified atom stereocenters. The van der Waals surface area contributed by atoms with Crippen LogP contribution in [0.15, 0.2) is 35.1 Å². The van der Waals surface area contributed by atoms with E-state index in [9.17, 15) is 4.79 Å². The summed E-state index contributed by atoms with van der Waals surface area (Å²) in [5, 5.41) is 3.14. The predicted molar refractivity (Wildman–Crippen MR) is 64.6 cm³/mol. The normalized spacial score (nSPS) is 10.1. The van der Waals surface area contributed by atoms with Crippen LogP contribution in [-0.4, -0.2) is 9.97 Å². The molecule has 1 aromatic heterocycles. The molecule has 16 heavy (non-hydrogen) atoms. The number of benzene rings is 1. The van der Waals surface area contributed by atoms with Crippen molar-refractivity contribution in [2.24, 2.45) is 0 Å². The van der Waals surface area contributed by atoms with Crippen molar-refractivity contribution in [2.75, 3.05) is 5.32 Å². The summed E-state index contributed by atoms with van der Waals surface area (Å²) in [6, 6.07) is 9.31. The Morgan fingerprint density at radius 2 is 1.88 bits per heavy atom. The van der Waals surface area contributed by atoms with Gasteiger partial charge in [-0.05, 0) is 12.1 Å². The molecule has 0 fully saturated rings. The van der Waals surface area contributed by atoms with Gasteiger partial charge in [-0.15, -0.1) is 0 Å². The molecule has 0 radical (unpaired) electrons. The number of hydrogen-bond donors (Lipinski definition) is 2. The van der Waals surface area contributed by atoms with Crippen LogP contribution < -0.4 is 11.0 Å². The van der Waals surface area contributed by atoms with Gasteiger partial charge in [-0.3, -0.25) is 4.98 Å². The zero-order chi connectivity index (χ0) is 11.5. The van der Waals surface area contributed by atoms with Crippen LogP contribution in [0.25, 0.3) is 0 Å². The summed E-state index contributed by atoms with van der Waals surface area (Å²) >= 11 is 11.6. The van der Waals surface area contributed by atoms with Crippen molar-refractivity contribution in [1.82, 2.24) is 9.97 Å². The molecule has 0 aliphatic carbocycles. The Bertz CT molecular complexity index is 527. The van der Waals surface area contributed by atoms with Crippen molar-refractivity contribution < 1.29 is 0 Å². The van der Waals surface area contributed by atoms with Crippen molar-refractivity contribution >= 4 is 34.6 Å². The molecule has 0 saturated heterocycles. The molecule has 1 heterocycles. The number of halogens is 2. The molecule has 82 valence electrons. The zero-order valence-electron chi connectivity index (χ0n) is 8.00. The van der Waals surface area contributed by atoms with Crippen LogP contribution in [0.4, 0.5) is 11.4 Å². The van der Waals surface area contributed by atoms with E-state index in [2.05, 4.69) is 15.3 Å². The van der Waals surface area contributed by atoms with E-state index in [4.69, 9.17) is 23.2 Å². The number of H-pyrrole nitrogens is 1. The second-order valence-electron chi connectivity index (χ2n) is 3.01. The number of aromatic amines is 1. The quantitative estimate of drug-likeness (QED) is 0.812. The molecule has 0 bridgehead atoms. The summed E-state index contributed by atoms with van der Waals surface area (Å²) in [5.41, 5.74) is 0.614. The van der Waals surface area contributed by atoms with E-state index in [-0.39, 0.29) is 10.3 Å². The minimum atomic E-state index is -0.575. The lowest BCUT2D eigenvalue weighted by Crippen LogP contribution is -2.12. The number of aromatic nitrogens is 2. The van der Waals surface area contributed by atoms with Gasteiger partial charge in [0, 0.05) is 5.69 Å². The van der Waals surface area contributed by atoms with Gasteiger partial charge < -0.3 is 5.32 Å². The summed E-state index contributed by atoms with van der Waals surface area (Å²) in [5.74, 6) is 0. The van der Waals surface area contributed by atoms with Crippen molar-refractivity contribution in [3.05, 3.63) is 51.1 Å². The second kappa shape index (κ2) is 4.55. The van der Waals surface area contributed by atoms with Gasteiger partial charge in [0.2, 0.25) is 0 Å². The molecular weight excluding hydrogens is 249 g/mol. The van der Waals surface area contributed by atoms with Gasteiger partial charge in [0.25, 0.3) is 0 Å². The lowest BCUT2D eigenvalue weighted by atomic mass is 10.3. The molecule has 2 aromatic rings. The van der Waals surface area contributed by atoms with Crippen molar-refractivity contribution in [3.63, 3.8) is 0 Å². The first kappa shape index (κ1) is 11.0. The fourth-order valence-corrected chi connectivity index (χ4v) is 1.68. The van der Waals surface area contributed by atoms with Crippen LogP contribution >= 0.6 is 23.2 Å². The maximum atomic E-state index is 11.0. The summed E-state index contributed by atoms with van der Waals surface area (Å²) < 4.78 is 0. The molecule has 0 aliphatic heterocycles. The number of nitrogens with zero attached hydrogens (tertiary/aromatic N) is 1. The second-order valence-corrected chi connectivity index (χ2v) is 3.75. The molecule has 2 rings (SSSR count). The van der Waals surface area contributed by atoms with Gasteiger partial charge in [-0.1, -0.05) is 41.4 Å². The van der Waals surface area contributed by atoms with Gasteiger partial charge in [0.15, 0.2) is 5.15 Å². The van der Waals surface area contributed by atoms with Gasteiger partial charge in [0.05, 0.1) is 0 Å². The van der Waals surface area contributed by atoms with Gasteiger partial charge in [0.1, 0.15) is 10.8 Å². The van der Waals surface area contributed by atoms with Crippen LogP contribution in [0.2, 0.25) is 10.3 Å². The highest BCUT2D eigenvalue weighted by Crippen LogP contribution is 2.27. The largest absolute Gasteiger partial charge is 0.351 e. The first-order valence-corrected chi connectivity index (χ1v) is 5.20. The van der Waals surface area contributed by atoms with Crippen LogP contribution in [0.1, 0.15) is 0 Å². The molecule has 0 spiro atoms. The van der Waals surface area contributed by atoms with Crippen LogP contribution in [0.3, 0.4) is 0 Å². The molecule has 0 amide bonds. The maximum Gasteiger partial charge on any atom is 0.347 e. The first-order valence-electron chi connectivity index (χ1n) is 4.44. The average Bonchev–Trinajstić information content (AvgIpc) is 2.25. The van der Waals surface area contributed by atoms with Crippen LogP contribution in [0, 0.1) is 0 Å². The van der Waals surface area contributed by atoms with Crippen molar-refractivity contribution in [1.29, 1.82) is 0 Å².